The highest BCUT2D eigenvalue weighted by atomic mass is 16.6. The molecule has 0 saturated carbocycles. The van der Waals surface area contributed by atoms with Gasteiger partial charge in [0.05, 0.1) is 71.7 Å². The SMILES string of the molecule is C=Cc1ccccc1N(Cc1ccccc1C)C(=O)CCC(=O)NCCOCCOCCOCCOCCC(=O)N[C@H](C(=O)N[C@@H](CCCNC(N)=O)C(=O)Nc1ccc(CO)cc1)C(C)C. The molecule has 18 nitrogen and oxygen atoms in total. The van der Waals surface area contributed by atoms with Gasteiger partial charge in [-0.15, -0.1) is 0 Å². The molecule has 0 unspecified atom stereocenters. The van der Waals surface area contributed by atoms with Gasteiger partial charge in [-0.25, -0.2) is 4.79 Å². The Bertz CT molecular complexity index is 2010. The fourth-order valence-electron chi connectivity index (χ4n) is 6.56. The maximum atomic E-state index is 13.4. The van der Waals surface area contributed by atoms with Gasteiger partial charge in [0.25, 0.3) is 0 Å². The molecule has 8 N–H and O–H groups in total. The van der Waals surface area contributed by atoms with E-state index < -0.39 is 35.8 Å². The summed E-state index contributed by atoms with van der Waals surface area (Å²) in [6.07, 6.45) is 2.32. The summed E-state index contributed by atoms with van der Waals surface area (Å²) in [7, 11) is 0. The molecule has 0 radical (unpaired) electrons. The minimum atomic E-state index is -0.983. The van der Waals surface area contributed by atoms with Gasteiger partial charge >= 0.3 is 6.03 Å². The molecule has 0 aromatic heterocycles. The molecular weight excluding hydrogens is 863 g/mol. The third-order valence-electron chi connectivity index (χ3n) is 10.3. The Morgan fingerprint density at radius 3 is 1.97 bits per heavy atom. The number of hydrogen-bond acceptors (Lipinski definition) is 11. The summed E-state index contributed by atoms with van der Waals surface area (Å²) in [4.78, 5) is 78.2. The number of hydrogen-bond donors (Lipinski definition) is 7. The summed E-state index contributed by atoms with van der Waals surface area (Å²) in [5, 5.41) is 22.8. The van der Waals surface area contributed by atoms with Crippen molar-refractivity contribution in [2.24, 2.45) is 11.7 Å². The predicted octanol–water partition coefficient (Wildman–Crippen LogP) is 3.73. The van der Waals surface area contributed by atoms with E-state index in [-0.39, 0.29) is 83.0 Å². The molecule has 0 bridgehead atoms. The van der Waals surface area contributed by atoms with Crippen LogP contribution in [0.1, 0.15) is 68.2 Å². The van der Waals surface area contributed by atoms with E-state index in [2.05, 4.69) is 33.2 Å². The number of ether oxygens (including phenoxy) is 4. The predicted molar refractivity (Wildman–Crippen MR) is 256 cm³/mol. The van der Waals surface area contributed by atoms with Crippen molar-refractivity contribution in [1.82, 2.24) is 21.3 Å². The van der Waals surface area contributed by atoms with Crippen LogP contribution in [-0.4, -0.2) is 119 Å². The normalized spacial score (nSPS) is 11.8. The average molecular weight is 932 g/mol. The lowest BCUT2D eigenvalue weighted by atomic mass is 10.0. The number of nitrogens with zero attached hydrogens (tertiary/aromatic N) is 1. The fourth-order valence-corrected chi connectivity index (χ4v) is 6.56. The number of carbonyl (C=O) groups is 6. The summed E-state index contributed by atoms with van der Waals surface area (Å²) in [5.74, 6) is -2.14. The van der Waals surface area contributed by atoms with Gasteiger partial charge < -0.3 is 61.3 Å². The van der Waals surface area contributed by atoms with Crippen LogP contribution in [0, 0.1) is 12.8 Å². The molecule has 7 amide bonds. The smallest absolute Gasteiger partial charge is 0.312 e. The summed E-state index contributed by atoms with van der Waals surface area (Å²) in [6, 6.07) is 19.4. The van der Waals surface area contributed by atoms with Crippen molar-refractivity contribution >= 4 is 53.0 Å². The Labute approximate surface area is 393 Å². The van der Waals surface area contributed by atoms with Crippen molar-refractivity contribution in [2.75, 3.05) is 76.2 Å². The lowest BCUT2D eigenvalue weighted by Crippen LogP contribution is -2.54. The quantitative estimate of drug-likeness (QED) is 0.0434. The zero-order valence-electron chi connectivity index (χ0n) is 39.0. The molecule has 0 heterocycles. The van der Waals surface area contributed by atoms with E-state index in [4.69, 9.17) is 24.7 Å². The molecular formula is C49H69N7O11. The van der Waals surface area contributed by atoms with Crippen molar-refractivity contribution < 1.29 is 52.8 Å². The molecule has 3 aromatic rings. The van der Waals surface area contributed by atoms with E-state index in [1.807, 2.05) is 55.5 Å². The monoisotopic (exact) mass is 932 g/mol. The second-order valence-corrected chi connectivity index (χ2v) is 15.8. The minimum absolute atomic E-state index is 0.00489. The van der Waals surface area contributed by atoms with Crippen molar-refractivity contribution in [3.05, 3.63) is 102 Å². The number of aliphatic hydroxyl groups is 1. The summed E-state index contributed by atoms with van der Waals surface area (Å²) < 4.78 is 22.1. The Kier molecular flexibility index (Phi) is 26.1. The molecule has 0 spiro atoms. The minimum Gasteiger partial charge on any atom is -0.392 e. The Morgan fingerprint density at radius 1 is 0.716 bits per heavy atom. The third kappa shape index (κ3) is 21.8. The second kappa shape index (κ2) is 31.7. The third-order valence-corrected chi connectivity index (χ3v) is 10.3. The summed E-state index contributed by atoms with van der Waals surface area (Å²) >= 11 is 0. The molecule has 0 fully saturated rings. The van der Waals surface area contributed by atoms with Crippen LogP contribution < -0.4 is 37.2 Å². The average Bonchev–Trinajstić information content (AvgIpc) is 3.31. The molecule has 0 aliphatic rings. The van der Waals surface area contributed by atoms with Crippen molar-refractivity contribution in [3.8, 4) is 0 Å². The molecule has 3 aromatic carbocycles. The van der Waals surface area contributed by atoms with Gasteiger partial charge in [0.15, 0.2) is 0 Å². The van der Waals surface area contributed by atoms with Gasteiger partial charge in [-0.05, 0) is 66.1 Å². The van der Waals surface area contributed by atoms with E-state index in [0.717, 1.165) is 22.4 Å². The first kappa shape index (κ1) is 55.1. The molecule has 366 valence electrons. The number of rotatable bonds is 33. The first-order valence-electron chi connectivity index (χ1n) is 22.6. The van der Waals surface area contributed by atoms with Crippen molar-refractivity contribution in [2.45, 2.75) is 78.1 Å². The number of nitrogens with two attached hydrogens (primary N) is 1. The van der Waals surface area contributed by atoms with Crippen LogP contribution in [0.5, 0.6) is 0 Å². The van der Waals surface area contributed by atoms with Crippen molar-refractivity contribution in [3.63, 3.8) is 0 Å². The Hall–Kier alpha value is -6.18. The molecule has 67 heavy (non-hydrogen) atoms. The van der Waals surface area contributed by atoms with Crippen LogP contribution in [0.4, 0.5) is 16.2 Å². The molecule has 2 atom stereocenters. The highest BCUT2D eigenvalue weighted by molar-refractivity contribution is 5.99. The van der Waals surface area contributed by atoms with Crippen LogP contribution in [-0.2, 0) is 56.1 Å². The topological polar surface area (TPSA) is 249 Å². The zero-order chi connectivity index (χ0) is 48.8. The largest absolute Gasteiger partial charge is 0.392 e. The van der Waals surface area contributed by atoms with E-state index in [1.165, 1.54) is 0 Å². The molecule has 18 heteroatoms. The molecule has 3 rings (SSSR count). The van der Waals surface area contributed by atoms with Gasteiger partial charge in [-0.2, -0.15) is 0 Å². The Morgan fingerprint density at radius 2 is 1.34 bits per heavy atom. The van der Waals surface area contributed by atoms with Gasteiger partial charge in [0.1, 0.15) is 12.1 Å². The van der Waals surface area contributed by atoms with E-state index >= 15 is 0 Å². The molecule has 0 saturated heterocycles. The Balaban J connectivity index is 1.24. The van der Waals surface area contributed by atoms with Crippen LogP contribution >= 0.6 is 0 Å². The lowest BCUT2D eigenvalue weighted by molar-refractivity contribution is -0.132. The van der Waals surface area contributed by atoms with Gasteiger partial charge in [-0.3, -0.25) is 24.0 Å². The van der Waals surface area contributed by atoms with Crippen LogP contribution in [0.25, 0.3) is 6.08 Å². The number of urea groups is 1. The second-order valence-electron chi connectivity index (χ2n) is 15.8. The van der Waals surface area contributed by atoms with Crippen molar-refractivity contribution in [1.29, 1.82) is 0 Å². The first-order valence-corrected chi connectivity index (χ1v) is 22.6. The van der Waals surface area contributed by atoms with Crippen LogP contribution in [0.3, 0.4) is 0 Å². The number of primary amides is 1. The number of carbonyl (C=O) groups excluding carboxylic acids is 6. The number of aliphatic hydroxyl groups excluding tert-OH is 1. The number of para-hydroxylation sites is 1. The first-order chi connectivity index (χ1) is 32.3. The van der Waals surface area contributed by atoms with Gasteiger partial charge in [0, 0.05) is 38.0 Å². The van der Waals surface area contributed by atoms with Gasteiger partial charge in [-0.1, -0.05) is 81.1 Å². The van der Waals surface area contributed by atoms with Crippen LogP contribution in [0.15, 0.2) is 79.4 Å². The summed E-state index contributed by atoms with van der Waals surface area (Å²) in [6.45, 7) is 12.4. The zero-order valence-corrected chi connectivity index (χ0v) is 39.0. The highest BCUT2D eigenvalue weighted by Crippen LogP contribution is 2.25. The lowest BCUT2D eigenvalue weighted by Gasteiger charge is -2.25. The molecule has 0 aliphatic carbocycles. The van der Waals surface area contributed by atoms with Gasteiger partial charge in [0.2, 0.25) is 29.5 Å². The summed E-state index contributed by atoms with van der Waals surface area (Å²) in [5.41, 5.74) is 9.95. The van der Waals surface area contributed by atoms with E-state index in [9.17, 15) is 33.9 Å². The standard InChI is InChI=1S/C49H69N7O11/c1-5-38-12-8-9-15-42(38)56(33-39-13-7-6-11-36(39)4)45(60)21-20-43(58)51-24-26-65-28-30-67-32-31-66-29-27-64-25-22-44(59)55-46(35(2)3)48(62)54-41(14-10-23-52-49(50)63)47(61)53-40-18-16-37(34-57)17-19-40/h5-9,11-13,15-19,35,41,46,57H,1,10,14,20-34H2,2-4H3,(H,51,58)(H,53,61)(H,54,62)(H,55,59)(H3,50,52,63)/t41-,46-/m0/s1. The van der Waals surface area contributed by atoms with Crippen LogP contribution in [0.2, 0.25) is 0 Å². The maximum Gasteiger partial charge on any atom is 0.312 e. The van der Waals surface area contributed by atoms with E-state index in [0.29, 0.717) is 57.2 Å². The van der Waals surface area contributed by atoms with E-state index in [1.54, 1.807) is 49.1 Å². The fraction of sp³-hybridized carbons (Fsp3) is 0.469. The number of nitrogens with one attached hydrogen (secondary N) is 5. The number of aryl methyl sites for hydroxylation is 1. The highest BCUT2D eigenvalue weighted by Gasteiger charge is 2.29. The number of benzene rings is 3. The number of anilines is 2. The maximum absolute atomic E-state index is 13.4. The molecule has 0 aliphatic heterocycles. The number of amides is 7.